The van der Waals surface area contributed by atoms with Crippen LogP contribution in [0.1, 0.15) is 48.8 Å². The lowest BCUT2D eigenvalue weighted by molar-refractivity contribution is -0.123. The van der Waals surface area contributed by atoms with Gasteiger partial charge in [-0.05, 0) is 55.7 Å². The third kappa shape index (κ3) is 4.98. The smallest absolute Gasteiger partial charge is 0.266 e. The van der Waals surface area contributed by atoms with Crippen molar-refractivity contribution in [2.75, 3.05) is 16.0 Å². The van der Waals surface area contributed by atoms with Crippen LogP contribution >= 0.6 is 11.3 Å². The molecule has 1 aromatic heterocycles. The largest absolute Gasteiger partial charge is 0.326 e. The average molecular weight is 400 g/mol. The van der Waals surface area contributed by atoms with Crippen LogP contribution in [0.15, 0.2) is 30.3 Å². The average Bonchev–Trinajstić information content (AvgIpc) is 3.39. The highest BCUT2D eigenvalue weighted by atomic mass is 32.1. The highest BCUT2D eigenvalue weighted by Crippen LogP contribution is 2.31. The van der Waals surface area contributed by atoms with E-state index in [9.17, 15) is 14.4 Å². The standard InChI is InChI=1S/C21H25N3O3S/c1-12-11-16(24-20(27)21(2,3)4)28-17(12)19(26)23-15-9-7-14(8-10-15)22-18(25)13-5-6-13/h7-11,13H,5-6H2,1-4H3,(H,22,25)(H,23,26)(H,24,27). The summed E-state index contributed by atoms with van der Waals surface area (Å²) in [5.41, 5.74) is 1.66. The maximum atomic E-state index is 12.6. The SMILES string of the molecule is Cc1cc(NC(=O)C(C)(C)C)sc1C(=O)Nc1ccc(NC(=O)C2CC2)cc1. The molecular weight excluding hydrogens is 374 g/mol. The molecule has 1 fully saturated rings. The molecule has 0 aliphatic heterocycles. The van der Waals surface area contributed by atoms with E-state index in [1.807, 2.05) is 27.7 Å². The van der Waals surface area contributed by atoms with Gasteiger partial charge in [-0.25, -0.2) is 0 Å². The topological polar surface area (TPSA) is 87.3 Å². The van der Waals surface area contributed by atoms with E-state index < -0.39 is 5.41 Å². The van der Waals surface area contributed by atoms with Gasteiger partial charge in [0.1, 0.15) is 0 Å². The Morgan fingerprint density at radius 3 is 2.07 bits per heavy atom. The molecule has 148 valence electrons. The van der Waals surface area contributed by atoms with E-state index >= 15 is 0 Å². The number of amides is 3. The maximum Gasteiger partial charge on any atom is 0.266 e. The Balaban J connectivity index is 1.62. The van der Waals surface area contributed by atoms with Crippen LogP contribution in [0.2, 0.25) is 0 Å². The van der Waals surface area contributed by atoms with Crippen LogP contribution in [-0.2, 0) is 9.59 Å². The second-order valence-corrected chi connectivity index (χ2v) is 9.17. The Kier molecular flexibility index (Phi) is 5.56. The highest BCUT2D eigenvalue weighted by molar-refractivity contribution is 7.18. The fourth-order valence-electron chi connectivity index (χ4n) is 2.48. The van der Waals surface area contributed by atoms with Gasteiger partial charge in [-0.2, -0.15) is 0 Å². The molecular formula is C21H25N3O3S. The van der Waals surface area contributed by atoms with Gasteiger partial charge in [0.25, 0.3) is 5.91 Å². The van der Waals surface area contributed by atoms with Crippen molar-refractivity contribution in [3.63, 3.8) is 0 Å². The van der Waals surface area contributed by atoms with E-state index in [0.29, 0.717) is 15.6 Å². The first-order valence-corrected chi connectivity index (χ1v) is 10.1. The lowest BCUT2D eigenvalue weighted by Gasteiger charge is -2.16. The number of hydrogen-bond acceptors (Lipinski definition) is 4. The van der Waals surface area contributed by atoms with E-state index in [0.717, 1.165) is 24.1 Å². The van der Waals surface area contributed by atoms with Gasteiger partial charge < -0.3 is 16.0 Å². The highest BCUT2D eigenvalue weighted by Gasteiger charge is 2.29. The molecule has 1 aliphatic carbocycles. The van der Waals surface area contributed by atoms with Gasteiger partial charge >= 0.3 is 0 Å². The first kappa shape index (κ1) is 20.1. The van der Waals surface area contributed by atoms with Gasteiger partial charge in [-0.1, -0.05) is 20.8 Å². The number of hydrogen-bond donors (Lipinski definition) is 3. The van der Waals surface area contributed by atoms with E-state index in [1.165, 1.54) is 11.3 Å². The normalized spacial score (nSPS) is 13.7. The summed E-state index contributed by atoms with van der Waals surface area (Å²) in [6, 6.07) is 8.86. The molecule has 0 saturated heterocycles. The van der Waals surface area contributed by atoms with Crippen molar-refractivity contribution in [1.82, 2.24) is 0 Å². The number of anilines is 3. The number of nitrogens with one attached hydrogen (secondary N) is 3. The van der Waals surface area contributed by atoms with Crippen LogP contribution in [-0.4, -0.2) is 17.7 Å². The number of rotatable bonds is 5. The molecule has 0 radical (unpaired) electrons. The number of thiophene rings is 1. The molecule has 1 heterocycles. The van der Waals surface area contributed by atoms with Crippen LogP contribution in [0.4, 0.5) is 16.4 Å². The Bertz CT molecular complexity index is 906. The summed E-state index contributed by atoms with van der Waals surface area (Å²) >= 11 is 1.25. The zero-order valence-corrected chi connectivity index (χ0v) is 17.3. The van der Waals surface area contributed by atoms with Crippen molar-refractivity contribution in [3.05, 3.63) is 40.8 Å². The predicted octanol–water partition coefficient (Wildman–Crippen LogP) is 4.64. The molecule has 0 bridgehead atoms. The molecule has 0 unspecified atom stereocenters. The summed E-state index contributed by atoms with van der Waals surface area (Å²) in [6.45, 7) is 7.36. The summed E-state index contributed by atoms with van der Waals surface area (Å²) in [4.78, 5) is 37.1. The first-order chi connectivity index (χ1) is 13.1. The van der Waals surface area contributed by atoms with E-state index in [-0.39, 0.29) is 23.6 Å². The van der Waals surface area contributed by atoms with Gasteiger partial charge in [-0.15, -0.1) is 11.3 Å². The van der Waals surface area contributed by atoms with Crippen molar-refractivity contribution < 1.29 is 14.4 Å². The minimum atomic E-state index is -0.503. The van der Waals surface area contributed by atoms with Crippen LogP contribution in [0.25, 0.3) is 0 Å². The van der Waals surface area contributed by atoms with Crippen molar-refractivity contribution in [2.24, 2.45) is 11.3 Å². The maximum absolute atomic E-state index is 12.6. The molecule has 1 aromatic carbocycles. The summed E-state index contributed by atoms with van der Waals surface area (Å²) in [5, 5.41) is 9.24. The molecule has 28 heavy (non-hydrogen) atoms. The van der Waals surface area contributed by atoms with Crippen LogP contribution in [0.3, 0.4) is 0 Å². The van der Waals surface area contributed by atoms with Gasteiger partial charge in [0, 0.05) is 22.7 Å². The quantitative estimate of drug-likeness (QED) is 0.684. The van der Waals surface area contributed by atoms with Gasteiger partial charge in [-0.3, -0.25) is 14.4 Å². The van der Waals surface area contributed by atoms with Crippen molar-refractivity contribution >= 4 is 45.4 Å². The molecule has 3 rings (SSSR count). The lowest BCUT2D eigenvalue weighted by Crippen LogP contribution is -2.27. The summed E-state index contributed by atoms with van der Waals surface area (Å²) in [7, 11) is 0. The fourth-order valence-corrected chi connectivity index (χ4v) is 3.45. The minimum Gasteiger partial charge on any atom is -0.326 e. The summed E-state index contributed by atoms with van der Waals surface area (Å²) < 4.78 is 0. The second kappa shape index (κ2) is 7.75. The molecule has 3 amide bonds. The predicted molar refractivity (Wildman–Crippen MR) is 113 cm³/mol. The molecule has 1 saturated carbocycles. The Morgan fingerprint density at radius 2 is 1.54 bits per heavy atom. The van der Waals surface area contributed by atoms with Crippen molar-refractivity contribution in [3.8, 4) is 0 Å². The van der Waals surface area contributed by atoms with Crippen molar-refractivity contribution in [1.29, 1.82) is 0 Å². The Hall–Kier alpha value is -2.67. The van der Waals surface area contributed by atoms with Crippen LogP contribution in [0.5, 0.6) is 0 Å². The van der Waals surface area contributed by atoms with Crippen LogP contribution < -0.4 is 16.0 Å². The van der Waals surface area contributed by atoms with Crippen LogP contribution in [0, 0.1) is 18.3 Å². The third-order valence-electron chi connectivity index (χ3n) is 4.40. The summed E-state index contributed by atoms with van der Waals surface area (Å²) in [5.74, 6) is -0.122. The van der Waals surface area contributed by atoms with E-state index in [4.69, 9.17) is 0 Å². The minimum absolute atomic E-state index is 0.0517. The number of aryl methyl sites for hydroxylation is 1. The molecule has 7 heteroatoms. The van der Waals surface area contributed by atoms with Crippen molar-refractivity contribution in [2.45, 2.75) is 40.5 Å². The Labute approximate surface area is 168 Å². The lowest BCUT2D eigenvalue weighted by atomic mass is 9.96. The van der Waals surface area contributed by atoms with E-state index in [2.05, 4.69) is 16.0 Å². The third-order valence-corrected chi connectivity index (χ3v) is 5.55. The molecule has 6 nitrogen and oxygen atoms in total. The number of carbonyl (C=O) groups is 3. The zero-order chi connectivity index (χ0) is 20.5. The van der Waals surface area contributed by atoms with E-state index in [1.54, 1.807) is 30.3 Å². The summed E-state index contributed by atoms with van der Waals surface area (Å²) in [6.07, 6.45) is 1.91. The first-order valence-electron chi connectivity index (χ1n) is 9.27. The number of carbonyl (C=O) groups excluding carboxylic acids is 3. The van der Waals surface area contributed by atoms with Gasteiger partial charge in [0.15, 0.2) is 0 Å². The monoisotopic (exact) mass is 399 g/mol. The molecule has 2 aromatic rings. The molecule has 0 spiro atoms. The zero-order valence-electron chi connectivity index (χ0n) is 16.5. The molecule has 1 aliphatic rings. The molecule has 0 atom stereocenters. The molecule has 3 N–H and O–H groups in total. The van der Waals surface area contributed by atoms with Gasteiger partial charge in [0.05, 0.1) is 9.88 Å². The van der Waals surface area contributed by atoms with Gasteiger partial charge in [0.2, 0.25) is 11.8 Å². The Morgan fingerprint density at radius 1 is 0.964 bits per heavy atom. The fraction of sp³-hybridized carbons (Fsp3) is 0.381. The number of benzene rings is 1. The second-order valence-electron chi connectivity index (χ2n) is 8.12.